The van der Waals surface area contributed by atoms with Crippen molar-refractivity contribution in [1.82, 2.24) is 15.3 Å². The first-order valence-corrected chi connectivity index (χ1v) is 5.76. The van der Waals surface area contributed by atoms with Crippen LogP contribution in [0.4, 0.5) is 0 Å². The maximum atomic E-state index is 8.52. The van der Waals surface area contributed by atoms with Crippen LogP contribution in [0.2, 0.25) is 0 Å². The second kappa shape index (κ2) is 6.72. The van der Waals surface area contributed by atoms with Crippen LogP contribution in [-0.2, 0) is 0 Å². The number of nitrogens with zero attached hydrogens (tertiary/aromatic N) is 3. The van der Waals surface area contributed by atoms with Crippen molar-refractivity contribution < 1.29 is 0 Å². The van der Waals surface area contributed by atoms with Gasteiger partial charge in [-0.3, -0.25) is 0 Å². The molecule has 4 heteroatoms. The van der Waals surface area contributed by atoms with Gasteiger partial charge < -0.3 is 5.32 Å². The summed E-state index contributed by atoms with van der Waals surface area (Å²) in [6.07, 6.45) is 13.2. The quantitative estimate of drug-likeness (QED) is 0.778. The molecule has 1 aliphatic rings. The van der Waals surface area contributed by atoms with Crippen LogP contribution in [0.25, 0.3) is 10.9 Å². The van der Waals surface area contributed by atoms with Crippen molar-refractivity contribution in [2.75, 3.05) is 0 Å². The van der Waals surface area contributed by atoms with E-state index in [0.29, 0.717) is 0 Å². The molecule has 3 rings (SSSR count). The van der Waals surface area contributed by atoms with E-state index in [1.807, 2.05) is 67.0 Å². The molecule has 1 aromatic heterocycles. The molecule has 2 aromatic rings. The zero-order chi connectivity index (χ0) is 13.3. The van der Waals surface area contributed by atoms with E-state index < -0.39 is 0 Å². The lowest BCUT2D eigenvalue weighted by molar-refractivity contribution is 1.16. The molecule has 0 fully saturated rings. The maximum Gasteiger partial charge on any atom is 0.232 e. The Kier molecular flexibility index (Phi) is 4.43. The van der Waals surface area contributed by atoms with E-state index in [1.54, 1.807) is 6.20 Å². The van der Waals surface area contributed by atoms with Crippen LogP contribution in [0, 0.1) is 11.3 Å². The number of aromatic nitrogens is 2. The van der Waals surface area contributed by atoms with E-state index in [1.165, 1.54) is 0 Å². The smallest absolute Gasteiger partial charge is 0.232 e. The molecule has 92 valence electrons. The van der Waals surface area contributed by atoms with Gasteiger partial charge in [-0.15, -0.1) is 0 Å². The molecule has 0 amide bonds. The van der Waals surface area contributed by atoms with Gasteiger partial charge in [-0.05, 0) is 18.2 Å². The largest absolute Gasteiger partial charge is 0.368 e. The fourth-order valence-corrected chi connectivity index (χ4v) is 1.43. The van der Waals surface area contributed by atoms with Gasteiger partial charge in [0.1, 0.15) is 6.07 Å². The van der Waals surface area contributed by atoms with Gasteiger partial charge >= 0.3 is 0 Å². The average Bonchev–Trinajstić information content (AvgIpc) is 2.80. The van der Waals surface area contributed by atoms with Gasteiger partial charge in [0.05, 0.1) is 5.52 Å². The van der Waals surface area contributed by atoms with Crippen molar-refractivity contribution in [3.05, 3.63) is 73.0 Å². The van der Waals surface area contributed by atoms with E-state index in [2.05, 4.69) is 15.3 Å². The second-order valence-corrected chi connectivity index (χ2v) is 3.63. The third kappa shape index (κ3) is 3.79. The first-order chi connectivity index (χ1) is 9.40. The molecule has 1 aliphatic heterocycles. The van der Waals surface area contributed by atoms with Crippen molar-refractivity contribution in [1.29, 1.82) is 5.26 Å². The number of allylic oxidation sites excluding steroid dienone is 4. The summed E-state index contributed by atoms with van der Waals surface area (Å²) in [6, 6.07) is 9.47. The average molecular weight is 248 g/mol. The molecule has 0 aliphatic carbocycles. The Balaban J connectivity index is 0.000000163. The van der Waals surface area contributed by atoms with Gasteiger partial charge in [0.15, 0.2) is 0 Å². The highest BCUT2D eigenvalue weighted by Crippen LogP contribution is 2.08. The zero-order valence-corrected chi connectivity index (χ0v) is 10.2. The van der Waals surface area contributed by atoms with Crippen LogP contribution < -0.4 is 5.32 Å². The lowest BCUT2D eigenvalue weighted by Crippen LogP contribution is -1.87. The fraction of sp³-hybridized carbons (Fsp3) is 0. The van der Waals surface area contributed by atoms with E-state index in [4.69, 9.17) is 5.26 Å². The number of nitrogens with one attached hydrogen (secondary N) is 1. The summed E-state index contributed by atoms with van der Waals surface area (Å²) in [6.45, 7) is 0. The van der Waals surface area contributed by atoms with Gasteiger partial charge in [-0.1, -0.05) is 30.4 Å². The summed E-state index contributed by atoms with van der Waals surface area (Å²) in [5.74, 6) is 0.216. The predicted octanol–water partition coefficient (Wildman–Crippen LogP) is 2.67. The van der Waals surface area contributed by atoms with Crippen molar-refractivity contribution in [3.8, 4) is 6.07 Å². The number of hydrogen-bond acceptors (Lipinski definition) is 4. The highest BCUT2D eigenvalue weighted by atomic mass is 14.9. The highest BCUT2D eigenvalue weighted by molar-refractivity contribution is 5.77. The highest BCUT2D eigenvalue weighted by Gasteiger charge is 1.95. The number of para-hydroxylation sites is 1. The molecule has 0 bridgehead atoms. The van der Waals surface area contributed by atoms with Crippen molar-refractivity contribution >= 4 is 10.9 Å². The van der Waals surface area contributed by atoms with E-state index in [9.17, 15) is 0 Å². The topological polar surface area (TPSA) is 61.6 Å². The predicted molar refractivity (Wildman–Crippen MR) is 74.8 cm³/mol. The summed E-state index contributed by atoms with van der Waals surface area (Å²) in [5, 5.41) is 12.4. The first kappa shape index (κ1) is 12.5. The number of benzene rings is 1. The zero-order valence-electron chi connectivity index (χ0n) is 10.2. The monoisotopic (exact) mass is 248 g/mol. The minimum atomic E-state index is 0.216. The van der Waals surface area contributed by atoms with Crippen LogP contribution in [0.3, 0.4) is 0 Å². The Morgan fingerprint density at radius 1 is 1.00 bits per heavy atom. The normalized spacial score (nSPS) is 11.9. The van der Waals surface area contributed by atoms with Crippen molar-refractivity contribution in [2.45, 2.75) is 0 Å². The number of rotatable bonds is 0. The standard InChI is InChI=1S/C9H5N3.C6H7N/c10-5-9-11-6-7-3-1-2-4-8(7)12-9;1-2-4-6-7-5-3-1/h1-4,6H;1-7H. The van der Waals surface area contributed by atoms with Crippen LogP contribution in [0.15, 0.2) is 67.2 Å². The van der Waals surface area contributed by atoms with Crippen molar-refractivity contribution in [2.24, 2.45) is 0 Å². The van der Waals surface area contributed by atoms with E-state index >= 15 is 0 Å². The number of fused-ring (bicyclic) bond motifs is 1. The molecule has 19 heavy (non-hydrogen) atoms. The fourth-order valence-electron chi connectivity index (χ4n) is 1.43. The SMILES string of the molecule is C1=CC=CNC=C1.N#Cc1ncc2ccccc2n1. The molecule has 0 saturated carbocycles. The number of hydrogen-bond donors (Lipinski definition) is 1. The third-order valence-corrected chi connectivity index (χ3v) is 2.31. The second-order valence-electron chi connectivity index (χ2n) is 3.63. The van der Waals surface area contributed by atoms with Gasteiger partial charge in [-0.25, -0.2) is 9.97 Å². The van der Waals surface area contributed by atoms with Crippen molar-refractivity contribution in [3.63, 3.8) is 0 Å². The summed E-state index contributed by atoms with van der Waals surface area (Å²) in [7, 11) is 0. The van der Waals surface area contributed by atoms with Crippen LogP contribution in [-0.4, -0.2) is 9.97 Å². The first-order valence-electron chi connectivity index (χ1n) is 5.76. The Labute approximate surface area is 111 Å². The molecule has 2 heterocycles. The minimum absolute atomic E-state index is 0.216. The van der Waals surface area contributed by atoms with E-state index in [0.717, 1.165) is 10.9 Å². The Morgan fingerprint density at radius 2 is 1.74 bits per heavy atom. The minimum Gasteiger partial charge on any atom is -0.368 e. The maximum absolute atomic E-state index is 8.52. The molecule has 0 spiro atoms. The lowest BCUT2D eigenvalue weighted by atomic mass is 10.2. The Bertz CT molecular complexity index is 664. The molecule has 1 N–H and O–H groups in total. The summed E-state index contributed by atoms with van der Waals surface area (Å²) in [5.41, 5.74) is 0.809. The van der Waals surface area contributed by atoms with Crippen LogP contribution >= 0.6 is 0 Å². The number of nitriles is 1. The lowest BCUT2D eigenvalue weighted by Gasteiger charge is -1.93. The van der Waals surface area contributed by atoms with Gasteiger partial charge in [0.2, 0.25) is 5.82 Å². The van der Waals surface area contributed by atoms with Gasteiger partial charge in [-0.2, -0.15) is 5.26 Å². The molecular weight excluding hydrogens is 236 g/mol. The molecular formula is C15H12N4. The molecule has 1 aromatic carbocycles. The third-order valence-electron chi connectivity index (χ3n) is 2.31. The van der Waals surface area contributed by atoms with E-state index in [-0.39, 0.29) is 5.82 Å². The summed E-state index contributed by atoms with van der Waals surface area (Å²) in [4.78, 5) is 7.87. The van der Waals surface area contributed by atoms with Gasteiger partial charge in [0.25, 0.3) is 0 Å². The summed E-state index contributed by atoms with van der Waals surface area (Å²) >= 11 is 0. The Hall–Kier alpha value is -2.93. The molecule has 0 atom stereocenters. The molecule has 4 nitrogen and oxygen atoms in total. The molecule has 0 radical (unpaired) electrons. The van der Waals surface area contributed by atoms with Crippen LogP contribution in [0.5, 0.6) is 0 Å². The molecule has 0 saturated heterocycles. The van der Waals surface area contributed by atoms with Crippen LogP contribution in [0.1, 0.15) is 5.82 Å². The van der Waals surface area contributed by atoms with Gasteiger partial charge in [0, 0.05) is 24.0 Å². The Morgan fingerprint density at radius 3 is 2.47 bits per heavy atom. The summed E-state index contributed by atoms with van der Waals surface area (Å²) < 4.78 is 0. The molecule has 0 unspecified atom stereocenters.